The molecule has 0 bridgehead atoms. The average Bonchev–Trinajstić information content (AvgIpc) is 3.29. The van der Waals surface area contributed by atoms with E-state index in [4.69, 9.17) is 14.2 Å². The number of methoxy groups -OCH3 is 2. The van der Waals surface area contributed by atoms with Gasteiger partial charge in [0.05, 0.1) is 39.2 Å². The van der Waals surface area contributed by atoms with E-state index in [-0.39, 0.29) is 6.04 Å². The van der Waals surface area contributed by atoms with Gasteiger partial charge in [-0.25, -0.2) is 0 Å². The lowest BCUT2D eigenvalue weighted by atomic mass is 10.1. The summed E-state index contributed by atoms with van der Waals surface area (Å²) in [4.78, 5) is 27.1. The maximum absolute atomic E-state index is 12.4. The van der Waals surface area contributed by atoms with Gasteiger partial charge in [-0.15, -0.1) is 0 Å². The first-order valence-electron chi connectivity index (χ1n) is 9.27. The van der Waals surface area contributed by atoms with Crippen molar-refractivity contribution in [1.29, 1.82) is 0 Å². The molecule has 2 N–H and O–H groups in total. The summed E-state index contributed by atoms with van der Waals surface area (Å²) >= 11 is 1.61. The van der Waals surface area contributed by atoms with E-state index in [1.54, 1.807) is 29.5 Å². The van der Waals surface area contributed by atoms with E-state index < -0.39 is 11.8 Å². The molecule has 0 radical (unpaired) electrons. The molecule has 1 aromatic carbocycles. The minimum absolute atomic E-state index is 0.00624. The molecule has 2 heterocycles. The zero-order chi connectivity index (χ0) is 20.6. The van der Waals surface area contributed by atoms with Gasteiger partial charge in [0.1, 0.15) is 11.5 Å². The zero-order valence-corrected chi connectivity index (χ0v) is 17.3. The number of carbonyl (C=O) groups excluding carboxylic acids is 2. The molecule has 1 saturated heterocycles. The molecule has 29 heavy (non-hydrogen) atoms. The number of hydrogen-bond donors (Lipinski definition) is 2. The van der Waals surface area contributed by atoms with Crippen LogP contribution in [0.4, 0.5) is 5.69 Å². The number of benzene rings is 1. The van der Waals surface area contributed by atoms with E-state index in [0.29, 0.717) is 36.9 Å². The lowest BCUT2D eigenvalue weighted by molar-refractivity contribution is -0.136. The molecule has 0 aliphatic carbocycles. The van der Waals surface area contributed by atoms with E-state index in [2.05, 4.69) is 20.9 Å². The lowest BCUT2D eigenvalue weighted by Gasteiger charge is -2.34. The van der Waals surface area contributed by atoms with Gasteiger partial charge in [0, 0.05) is 25.7 Å². The number of hydrogen-bond acceptors (Lipinski definition) is 7. The van der Waals surface area contributed by atoms with Gasteiger partial charge in [0.15, 0.2) is 0 Å². The second-order valence-corrected chi connectivity index (χ2v) is 7.23. The number of rotatable bonds is 7. The van der Waals surface area contributed by atoms with E-state index in [1.165, 1.54) is 14.2 Å². The molecule has 1 aliphatic heterocycles. The summed E-state index contributed by atoms with van der Waals surface area (Å²) in [6, 6.07) is 7.01. The van der Waals surface area contributed by atoms with Crippen molar-refractivity contribution in [3.63, 3.8) is 0 Å². The quantitative estimate of drug-likeness (QED) is 0.667. The van der Waals surface area contributed by atoms with Crippen LogP contribution in [-0.4, -0.2) is 63.8 Å². The highest BCUT2D eigenvalue weighted by atomic mass is 32.1. The summed E-state index contributed by atoms with van der Waals surface area (Å²) in [6.45, 7) is 3.21. The minimum Gasteiger partial charge on any atom is -0.497 e. The lowest BCUT2D eigenvalue weighted by Crippen LogP contribution is -2.45. The third kappa shape index (κ3) is 5.47. The SMILES string of the molecule is COc1ccc(OC)c(NC(=O)C(=O)NCC(c2ccsc2)N2CCOCC2)c1. The van der Waals surface area contributed by atoms with Crippen LogP contribution >= 0.6 is 11.3 Å². The van der Waals surface area contributed by atoms with Gasteiger partial charge in [0.25, 0.3) is 0 Å². The maximum atomic E-state index is 12.4. The zero-order valence-electron chi connectivity index (χ0n) is 16.5. The Morgan fingerprint density at radius 2 is 1.97 bits per heavy atom. The highest BCUT2D eigenvalue weighted by Crippen LogP contribution is 2.29. The Balaban J connectivity index is 1.63. The van der Waals surface area contributed by atoms with Gasteiger partial charge in [-0.1, -0.05) is 0 Å². The molecule has 1 atom stereocenters. The molecular formula is C20H25N3O5S. The van der Waals surface area contributed by atoms with Crippen molar-refractivity contribution in [3.8, 4) is 11.5 Å². The number of anilines is 1. The van der Waals surface area contributed by atoms with Crippen LogP contribution in [0.25, 0.3) is 0 Å². The van der Waals surface area contributed by atoms with Crippen LogP contribution < -0.4 is 20.1 Å². The number of nitrogens with zero attached hydrogens (tertiary/aromatic N) is 1. The highest BCUT2D eigenvalue weighted by Gasteiger charge is 2.25. The first-order chi connectivity index (χ1) is 14.1. The van der Waals surface area contributed by atoms with Crippen LogP contribution in [0.5, 0.6) is 11.5 Å². The Hall–Kier alpha value is -2.62. The maximum Gasteiger partial charge on any atom is 0.313 e. The van der Waals surface area contributed by atoms with E-state index in [9.17, 15) is 9.59 Å². The first-order valence-corrected chi connectivity index (χ1v) is 10.2. The summed E-state index contributed by atoms with van der Waals surface area (Å²) < 4.78 is 15.8. The number of morpholine rings is 1. The number of ether oxygens (including phenoxy) is 3. The fourth-order valence-corrected chi connectivity index (χ4v) is 3.88. The summed E-state index contributed by atoms with van der Waals surface area (Å²) in [6.07, 6.45) is 0. The third-order valence-corrected chi connectivity index (χ3v) is 5.43. The van der Waals surface area contributed by atoms with E-state index in [0.717, 1.165) is 18.7 Å². The second-order valence-electron chi connectivity index (χ2n) is 6.45. The highest BCUT2D eigenvalue weighted by molar-refractivity contribution is 7.08. The van der Waals surface area contributed by atoms with Crippen molar-refractivity contribution < 1.29 is 23.8 Å². The van der Waals surface area contributed by atoms with E-state index in [1.807, 2.05) is 11.4 Å². The van der Waals surface area contributed by atoms with Crippen molar-refractivity contribution in [3.05, 3.63) is 40.6 Å². The normalized spacial score (nSPS) is 15.4. The predicted molar refractivity (Wildman–Crippen MR) is 111 cm³/mol. The second kappa shape index (κ2) is 10.2. The van der Waals surface area contributed by atoms with Gasteiger partial charge < -0.3 is 24.8 Å². The molecule has 9 heteroatoms. The van der Waals surface area contributed by atoms with Crippen molar-refractivity contribution in [2.24, 2.45) is 0 Å². The molecule has 8 nitrogen and oxygen atoms in total. The van der Waals surface area contributed by atoms with E-state index >= 15 is 0 Å². The van der Waals surface area contributed by atoms with Crippen LogP contribution in [0.2, 0.25) is 0 Å². The smallest absolute Gasteiger partial charge is 0.313 e. The molecule has 3 rings (SSSR count). The molecule has 0 spiro atoms. The molecule has 1 fully saturated rings. The fraction of sp³-hybridized carbons (Fsp3) is 0.400. The van der Waals surface area contributed by atoms with Crippen LogP contribution in [0.1, 0.15) is 11.6 Å². The van der Waals surface area contributed by atoms with Crippen LogP contribution in [-0.2, 0) is 14.3 Å². The number of thiophene rings is 1. The molecule has 2 amide bonds. The topological polar surface area (TPSA) is 89.1 Å². The van der Waals surface area contributed by atoms with Gasteiger partial charge in [-0.3, -0.25) is 14.5 Å². The summed E-state index contributed by atoms with van der Waals surface area (Å²) in [5.74, 6) is -0.478. The largest absolute Gasteiger partial charge is 0.497 e. The number of carbonyl (C=O) groups is 2. The van der Waals surface area contributed by atoms with Crippen molar-refractivity contribution in [1.82, 2.24) is 10.2 Å². The Morgan fingerprint density at radius 1 is 1.17 bits per heavy atom. The number of amides is 2. The van der Waals surface area contributed by atoms with Crippen molar-refractivity contribution in [2.45, 2.75) is 6.04 Å². The molecule has 1 unspecified atom stereocenters. The van der Waals surface area contributed by atoms with Crippen LogP contribution in [0.3, 0.4) is 0 Å². The third-order valence-electron chi connectivity index (χ3n) is 4.73. The Labute approximate surface area is 173 Å². The Bertz CT molecular complexity index is 822. The minimum atomic E-state index is -0.761. The molecule has 0 saturated carbocycles. The van der Waals surface area contributed by atoms with Crippen LogP contribution in [0, 0.1) is 0 Å². The first kappa shape index (κ1) is 21.1. The average molecular weight is 420 g/mol. The molecule has 1 aliphatic rings. The summed E-state index contributed by atoms with van der Waals surface area (Å²) in [7, 11) is 3.02. The van der Waals surface area contributed by atoms with Crippen LogP contribution in [0.15, 0.2) is 35.0 Å². The molecular weight excluding hydrogens is 394 g/mol. The van der Waals surface area contributed by atoms with Crippen molar-refractivity contribution >= 4 is 28.8 Å². The standard InChI is InChI=1S/C20H25N3O5S/c1-26-15-3-4-18(27-2)16(11-15)22-20(25)19(24)21-12-17(14-5-10-29-13-14)23-6-8-28-9-7-23/h3-5,10-11,13,17H,6-9,12H2,1-2H3,(H,21,24)(H,22,25). The Kier molecular flexibility index (Phi) is 7.45. The Morgan fingerprint density at radius 3 is 2.62 bits per heavy atom. The van der Waals surface area contributed by atoms with Gasteiger partial charge in [0.2, 0.25) is 0 Å². The monoisotopic (exact) mass is 419 g/mol. The summed E-state index contributed by atoms with van der Waals surface area (Å²) in [5, 5.41) is 9.41. The number of nitrogens with one attached hydrogen (secondary N) is 2. The molecule has 2 aromatic rings. The van der Waals surface area contributed by atoms with Gasteiger partial charge in [-0.2, -0.15) is 11.3 Å². The van der Waals surface area contributed by atoms with Crippen molar-refractivity contribution in [2.75, 3.05) is 52.4 Å². The van der Waals surface area contributed by atoms with Gasteiger partial charge >= 0.3 is 11.8 Å². The molecule has 1 aromatic heterocycles. The van der Waals surface area contributed by atoms with Gasteiger partial charge in [-0.05, 0) is 34.5 Å². The summed E-state index contributed by atoms with van der Waals surface area (Å²) in [5.41, 5.74) is 1.49. The predicted octanol–water partition coefficient (Wildman–Crippen LogP) is 1.89. The fourth-order valence-electron chi connectivity index (χ4n) is 3.17. The molecule has 156 valence electrons.